The third kappa shape index (κ3) is 24.2. The maximum absolute atomic E-state index is 10.7. The summed E-state index contributed by atoms with van der Waals surface area (Å²) in [4.78, 5) is 148. The van der Waals surface area contributed by atoms with Gasteiger partial charge in [0.25, 0.3) is 25.9 Å². The van der Waals surface area contributed by atoms with Crippen molar-refractivity contribution >= 4 is 73.6 Å². The van der Waals surface area contributed by atoms with Crippen LogP contribution in [0.3, 0.4) is 0 Å². The fourth-order valence-electron chi connectivity index (χ4n) is 4.53. The fourth-order valence-corrected chi connectivity index (χ4v) is 4.53. The van der Waals surface area contributed by atoms with Crippen molar-refractivity contribution in [2.24, 2.45) is 0 Å². The van der Waals surface area contributed by atoms with Crippen molar-refractivity contribution in [2.75, 3.05) is 0 Å². The van der Waals surface area contributed by atoms with Crippen molar-refractivity contribution in [3.63, 3.8) is 0 Å². The summed E-state index contributed by atoms with van der Waals surface area (Å²) in [5.41, 5.74) is -1.32. The van der Waals surface area contributed by atoms with Gasteiger partial charge in [-0.2, -0.15) is 0 Å². The maximum Gasteiger partial charge on any atom is 0.340 e. The Hall–Kier alpha value is -12.3. The van der Waals surface area contributed by atoms with E-state index < -0.39 is 64.6 Å². The third-order valence-electron chi connectivity index (χ3n) is 7.80. The molecule has 0 unspecified atom stereocenters. The lowest BCUT2D eigenvalue weighted by atomic mass is 10.1. The van der Waals surface area contributed by atoms with E-state index in [2.05, 4.69) is 53.8 Å². The van der Waals surface area contributed by atoms with Gasteiger partial charge < -0.3 is 59.8 Å². The van der Waals surface area contributed by atoms with Crippen LogP contribution in [0, 0.1) is 0 Å². The van der Waals surface area contributed by atoms with Crippen molar-refractivity contribution < 1.29 is 117 Å². The summed E-state index contributed by atoms with van der Waals surface area (Å²) in [6.45, 7) is 0.734. The first-order valence-electron chi connectivity index (χ1n) is 20.0. The highest BCUT2D eigenvalue weighted by atomic mass is 16.5. The molecule has 7 rings (SSSR count). The Balaban J connectivity index is 0.000000458. The van der Waals surface area contributed by atoms with E-state index >= 15 is 0 Å². The Morgan fingerprint density at radius 3 is 1.19 bits per heavy atom. The number of aromatic nitrogens is 7. The minimum absolute atomic E-state index is 0.00488. The predicted octanol–water partition coefficient (Wildman–Crippen LogP) is 3.30. The second-order valence-electron chi connectivity index (χ2n) is 12.7. The van der Waals surface area contributed by atoms with E-state index in [9.17, 15) is 57.5 Å². The Morgan fingerprint density at radius 2 is 0.744 bits per heavy atom. The molecule has 0 aliphatic rings. The number of carbonyl (C=O) groups excluding carboxylic acids is 4. The molecule has 0 spiro atoms. The summed E-state index contributed by atoms with van der Waals surface area (Å²) >= 11 is 0. The quantitative estimate of drug-likeness (QED) is 0.0643. The Kier molecular flexibility index (Phi) is 29.2. The molecule has 31 nitrogen and oxygen atoms in total. The van der Waals surface area contributed by atoms with Gasteiger partial charge in [-0.3, -0.25) is 54.1 Å². The number of carboxylic acid groups (broad SMARTS) is 8. The molecule has 0 radical (unpaired) electrons. The van der Waals surface area contributed by atoms with Gasteiger partial charge in [-0.1, -0.05) is 0 Å². The molecular weight excluding hydrogens is 1050 g/mol. The van der Waals surface area contributed by atoms with Gasteiger partial charge in [0.05, 0.1) is 58.2 Å². The number of ether oxygens (including phenoxy) is 4. The van der Waals surface area contributed by atoms with E-state index in [4.69, 9.17) is 40.9 Å². The lowest BCUT2D eigenvalue weighted by Gasteiger charge is -2.04. The van der Waals surface area contributed by atoms with E-state index in [1.807, 2.05) is 0 Å². The zero-order valence-corrected chi connectivity index (χ0v) is 38.8. The van der Waals surface area contributed by atoms with Gasteiger partial charge in [-0.05, 0) is 54.6 Å². The summed E-state index contributed by atoms with van der Waals surface area (Å²) in [5.74, 6) is -9.54. The number of carbonyl (C=O) groups is 12. The van der Waals surface area contributed by atoms with Crippen molar-refractivity contribution in [1.82, 2.24) is 34.9 Å². The molecule has 0 aliphatic carbocycles. The zero-order valence-electron chi connectivity index (χ0n) is 38.8. The number of hydrogen-bond donors (Lipinski definition) is 8. The van der Waals surface area contributed by atoms with Crippen LogP contribution in [0.15, 0.2) is 141 Å². The van der Waals surface area contributed by atoms with Gasteiger partial charge in [-0.15, -0.1) is 0 Å². The highest BCUT2D eigenvalue weighted by Crippen LogP contribution is 2.21. The SMILES string of the molecule is O=C(O)c1cccnc1.O=C(O)c1ccncc1.O=C(O)c1ccncc1C(=O)O.O=COc1cccnc1.O=COc1cncc(C(=O)O)c1.O=COc1cncc(C(=O)O)c1C(=O)O.O=COc1cnccc1C(=O)O. The summed E-state index contributed by atoms with van der Waals surface area (Å²) in [6, 6.07) is 12.9. The van der Waals surface area contributed by atoms with Gasteiger partial charge in [0.15, 0.2) is 11.5 Å². The van der Waals surface area contributed by atoms with Gasteiger partial charge in [0, 0.05) is 62.0 Å². The molecule has 0 bridgehead atoms. The van der Waals surface area contributed by atoms with E-state index in [1.165, 1.54) is 86.1 Å². The lowest BCUT2D eigenvalue weighted by molar-refractivity contribution is -0.121. The molecular formula is C47H35N7O24. The van der Waals surface area contributed by atoms with Gasteiger partial charge >= 0.3 is 47.8 Å². The molecule has 0 aliphatic heterocycles. The molecule has 0 atom stereocenters. The average Bonchev–Trinajstić information content (AvgIpc) is 3.44. The van der Waals surface area contributed by atoms with E-state index in [-0.39, 0.29) is 64.3 Å². The first-order valence-corrected chi connectivity index (χ1v) is 20.0. The average molecular weight is 1080 g/mol. The molecule has 7 aromatic heterocycles. The van der Waals surface area contributed by atoms with Crippen molar-refractivity contribution in [1.29, 1.82) is 0 Å². The molecule has 0 saturated heterocycles. The molecule has 0 amide bonds. The molecule has 0 fully saturated rings. The van der Waals surface area contributed by atoms with Crippen LogP contribution in [0.4, 0.5) is 0 Å². The van der Waals surface area contributed by atoms with Crippen LogP contribution in [0.2, 0.25) is 0 Å². The van der Waals surface area contributed by atoms with E-state index in [0.717, 1.165) is 30.9 Å². The zero-order chi connectivity index (χ0) is 58.4. The predicted molar refractivity (Wildman–Crippen MR) is 252 cm³/mol. The second kappa shape index (κ2) is 35.7. The van der Waals surface area contributed by atoms with Gasteiger partial charge in [-0.25, -0.2) is 38.4 Å². The number of aromatic carboxylic acids is 8. The fraction of sp³-hybridized carbons (Fsp3) is 0. The van der Waals surface area contributed by atoms with E-state index in [0.29, 0.717) is 12.2 Å². The summed E-state index contributed by atoms with van der Waals surface area (Å²) in [6.07, 6.45) is 17.8. The minimum atomic E-state index is -1.51. The smallest absolute Gasteiger partial charge is 0.340 e. The Labute approximate surface area is 433 Å². The molecule has 78 heavy (non-hydrogen) atoms. The normalized spacial score (nSPS) is 9.03. The lowest BCUT2D eigenvalue weighted by Crippen LogP contribution is -2.11. The number of nitrogens with zero attached hydrogens (tertiary/aromatic N) is 7. The van der Waals surface area contributed by atoms with Crippen LogP contribution < -0.4 is 18.9 Å². The third-order valence-corrected chi connectivity index (χ3v) is 7.80. The maximum atomic E-state index is 10.7. The number of pyridine rings is 7. The van der Waals surface area contributed by atoms with Crippen LogP contribution in [0.25, 0.3) is 0 Å². The molecule has 402 valence electrons. The highest BCUT2D eigenvalue weighted by Gasteiger charge is 2.22. The summed E-state index contributed by atoms with van der Waals surface area (Å²) in [5, 5.41) is 68.2. The van der Waals surface area contributed by atoms with Crippen LogP contribution in [-0.4, -0.2) is 149 Å². The van der Waals surface area contributed by atoms with Gasteiger partial charge in [0.1, 0.15) is 22.6 Å². The van der Waals surface area contributed by atoms with Crippen LogP contribution in [0.1, 0.15) is 82.9 Å². The highest BCUT2D eigenvalue weighted by molar-refractivity contribution is 6.03. The largest absolute Gasteiger partial charge is 0.478 e. The topological polar surface area (TPSA) is 494 Å². The summed E-state index contributed by atoms with van der Waals surface area (Å²) in [7, 11) is 0. The van der Waals surface area contributed by atoms with Crippen molar-refractivity contribution in [3.05, 3.63) is 186 Å². The Bertz CT molecular complexity index is 3070. The monoisotopic (exact) mass is 1080 g/mol. The molecule has 7 heterocycles. The molecule has 0 saturated carbocycles. The van der Waals surface area contributed by atoms with Gasteiger partial charge in [0.2, 0.25) is 0 Å². The number of hydrogen-bond acceptors (Lipinski definition) is 23. The number of carboxylic acids is 8. The molecule has 0 aromatic carbocycles. The van der Waals surface area contributed by atoms with Crippen LogP contribution in [-0.2, 0) is 19.2 Å². The van der Waals surface area contributed by atoms with E-state index in [1.54, 1.807) is 24.4 Å². The van der Waals surface area contributed by atoms with Crippen LogP contribution >= 0.6 is 0 Å². The van der Waals surface area contributed by atoms with Crippen molar-refractivity contribution in [2.45, 2.75) is 0 Å². The Morgan fingerprint density at radius 1 is 0.321 bits per heavy atom. The summed E-state index contributed by atoms with van der Waals surface area (Å²) < 4.78 is 17.5. The van der Waals surface area contributed by atoms with Crippen LogP contribution in [0.5, 0.6) is 23.0 Å². The first kappa shape index (κ1) is 63.7. The second-order valence-corrected chi connectivity index (χ2v) is 12.7. The standard InChI is InChI=1S/C8H5NO6.3C7H5NO4.3C6H5NO2/c10-3-15-5-2-9-1-4(7(11)12)6(5)8(13)14;9-4-12-6-1-5(7(10)11)2-8-3-6;9-4-12-6-3-8-2-1-5(6)7(10)11;9-6(10)4-1-2-8-3-5(4)7(11)12;8-6(9)5-1-3-7-4-2-5;8-5-9-6-2-1-3-7-4-6;8-6(9)5-2-1-3-7-4-5/h1-3H,(H,11,12)(H,13,14);2*1-4H,(H,10,11);1-3H,(H,9,10)(H,11,12);1-4H,(H,8,9);1-5H;1-4H,(H,8,9). The molecule has 7 aromatic rings. The minimum Gasteiger partial charge on any atom is -0.478 e. The molecule has 31 heteroatoms. The van der Waals surface area contributed by atoms with Crippen molar-refractivity contribution in [3.8, 4) is 23.0 Å². The number of rotatable bonds is 16. The first-order chi connectivity index (χ1) is 37.2. The molecule has 8 N–H and O–H groups in total.